The summed E-state index contributed by atoms with van der Waals surface area (Å²) in [5.74, 6) is 1.96. The number of rotatable bonds is 7. The third-order valence-electron chi connectivity index (χ3n) is 3.68. The van der Waals surface area contributed by atoms with Crippen LogP contribution in [0.15, 0.2) is 18.2 Å². The summed E-state index contributed by atoms with van der Waals surface area (Å²) in [6, 6.07) is 6.78. The van der Waals surface area contributed by atoms with Gasteiger partial charge in [-0.25, -0.2) is 0 Å². The molecule has 1 aromatic rings. The lowest BCUT2D eigenvalue weighted by molar-refractivity contribution is 0.418. The summed E-state index contributed by atoms with van der Waals surface area (Å²) in [7, 11) is 1.16. The zero-order valence-electron chi connectivity index (χ0n) is 12.8. The molecule has 1 aromatic carbocycles. The molecule has 0 aliphatic heterocycles. The van der Waals surface area contributed by atoms with Crippen LogP contribution in [0.3, 0.4) is 0 Å². The van der Waals surface area contributed by atoms with Gasteiger partial charge >= 0.3 is 0 Å². The fourth-order valence-electron chi connectivity index (χ4n) is 2.41. The molecule has 0 bridgehead atoms. The summed E-state index contributed by atoms with van der Waals surface area (Å²) in [4.78, 5) is 0. The first-order chi connectivity index (χ1) is 8.96. The van der Waals surface area contributed by atoms with Gasteiger partial charge < -0.3 is 5.32 Å². The van der Waals surface area contributed by atoms with Crippen LogP contribution < -0.4 is 5.32 Å². The van der Waals surface area contributed by atoms with Crippen molar-refractivity contribution < 1.29 is 4.21 Å². The second-order valence-corrected chi connectivity index (χ2v) is 7.03. The van der Waals surface area contributed by atoms with Crippen molar-refractivity contribution in [2.45, 2.75) is 45.9 Å². The van der Waals surface area contributed by atoms with Crippen LogP contribution in [0, 0.1) is 19.8 Å². The van der Waals surface area contributed by atoms with Crippen LogP contribution in [0.5, 0.6) is 0 Å². The van der Waals surface area contributed by atoms with Gasteiger partial charge in [-0.05, 0) is 32.4 Å². The predicted octanol–water partition coefficient (Wildman–Crippen LogP) is 3.19. The lowest BCUT2D eigenvalue weighted by Crippen LogP contribution is -2.37. The topological polar surface area (TPSA) is 29.1 Å². The molecule has 3 heteroatoms. The molecular formula is C16H27NOS. The van der Waals surface area contributed by atoms with Crippen molar-refractivity contribution >= 4 is 10.8 Å². The Balaban J connectivity index is 2.64. The third kappa shape index (κ3) is 5.45. The zero-order valence-corrected chi connectivity index (χ0v) is 13.6. The Labute approximate surface area is 120 Å². The van der Waals surface area contributed by atoms with Gasteiger partial charge in [0.25, 0.3) is 0 Å². The van der Waals surface area contributed by atoms with Crippen LogP contribution in [0.4, 0.5) is 0 Å². The first-order valence-electron chi connectivity index (χ1n) is 7.05. The maximum absolute atomic E-state index is 12.3. The molecule has 0 aliphatic rings. The Hall–Kier alpha value is -0.670. The van der Waals surface area contributed by atoms with Crippen LogP contribution in [0.25, 0.3) is 0 Å². The van der Waals surface area contributed by atoms with Crippen molar-refractivity contribution in [2.75, 3.05) is 12.8 Å². The molecule has 2 nitrogen and oxygen atoms in total. The van der Waals surface area contributed by atoms with Crippen LogP contribution in [0.2, 0.25) is 0 Å². The van der Waals surface area contributed by atoms with Crippen molar-refractivity contribution in [3.63, 3.8) is 0 Å². The molecule has 1 N–H and O–H groups in total. The van der Waals surface area contributed by atoms with Crippen molar-refractivity contribution in [3.05, 3.63) is 34.9 Å². The third-order valence-corrected chi connectivity index (χ3v) is 5.06. The minimum atomic E-state index is -0.802. The lowest BCUT2D eigenvalue weighted by atomic mass is 10.0. The lowest BCUT2D eigenvalue weighted by Gasteiger charge is -2.22. The predicted molar refractivity (Wildman–Crippen MR) is 84.9 cm³/mol. The van der Waals surface area contributed by atoms with Gasteiger partial charge in [0.05, 0.1) is 0 Å². The van der Waals surface area contributed by atoms with E-state index in [2.05, 4.69) is 51.2 Å². The maximum Gasteiger partial charge on any atom is 0.0486 e. The van der Waals surface area contributed by atoms with E-state index in [-0.39, 0.29) is 0 Å². The number of hydrogen-bond acceptors (Lipinski definition) is 2. The van der Waals surface area contributed by atoms with Crippen molar-refractivity contribution in [1.82, 2.24) is 5.32 Å². The molecule has 19 heavy (non-hydrogen) atoms. The molecular weight excluding hydrogens is 254 g/mol. The maximum atomic E-state index is 12.3. The molecule has 0 fully saturated rings. The van der Waals surface area contributed by atoms with Crippen LogP contribution in [-0.4, -0.2) is 23.1 Å². The number of aryl methyl sites for hydroxylation is 2. The molecule has 0 saturated carbocycles. The summed E-state index contributed by atoms with van der Waals surface area (Å²) in [5, 5.41) is 3.30. The highest BCUT2D eigenvalue weighted by Crippen LogP contribution is 2.13. The van der Waals surface area contributed by atoms with Gasteiger partial charge in [0, 0.05) is 28.3 Å². The normalized spacial score (nSPS) is 16.1. The van der Waals surface area contributed by atoms with E-state index >= 15 is 0 Å². The average molecular weight is 281 g/mol. The molecule has 0 saturated heterocycles. The summed E-state index contributed by atoms with van der Waals surface area (Å²) < 4.78 is 12.3. The van der Waals surface area contributed by atoms with Crippen LogP contribution in [-0.2, 0) is 16.6 Å². The van der Waals surface area contributed by atoms with E-state index in [0.717, 1.165) is 12.2 Å². The van der Waals surface area contributed by atoms with Crippen LogP contribution in [0.1, 0.15) is 37.0 Å². The highest BCUT2D eigenvalue weighted by Gasteiger charge is 2.17. The summed E-state index contributed by atoms with van der Waals surface area (Å²) in [5.41, 5.74) is 3.69. The largest absolute Gasteiger partial charge is 0.316 e. The van der Waals surface area contributed by atoms with Gasteiger partial charge in [0.2, 0.25) is 0 Å². The van der Waals surface area contributed by atoms with E-state index in [4.69, 9.17) is 0 Å². The van der Waals surface area contributed by atoms with Crippen molar-refractivity contribution in [2.24, 2.45) is 5.92 Å². The Morgan fingerprint density at radius 3 is 2.26 bits per heavy atom. The van der Waals surface area contributed by atoms with Crippen LogP contribution >= 0.6 is 0 Å². The summed E-state index contributed by atoms with van der Waals surface area (Å²) in [6.07, 6.45) is 1.12. The average Bonchev–Trinajstić information content (AvgIpc) is 2.33. The van der Waals surface area contributed by atoms with Gasteiger partial charge in [-0.3, -0.25) is 4.21 Å². The zero-order chi connectivity index (χ0) is 14.4. The van der Waals surface area contributed by atoms with E-state index in [1.54, 1.807) is 0 Å². The number of hydrogen-bond donors (Lipinski definition) is 1. The molecule has 3 atom stereocenters. The molecule has 108 valence electrons. The fourth-order valence-corrected chi connectivity index (χ4v) is 3.97. The molecule has 0 aliphatic carbocycles. The van der Waals surface area contributed by atoms with Crippen molar-refractivity contribution in [1.29, 1.82) is 0 Å². The Morgan fingerprint density at radius 1 is 1.21 bits per heavy atom. The smallest absolute Gasteiger partial charge is 0.0486 e. The van der Waals surface area contributed by atoms with Gasteiger partial charge in [0.1, 0.15) is 0 Å². The summed E-state index contributed by atoms with van der Waals surface area (Å²) >= 11 is 0. The standard InChI is InChI=1S/C16H27NOS/c1-6-14(4)16(17-5)11-19(18)10-15-8-12(2)7-13(3)9-15/h7-9,14,16-17H,6,10-11H2,1-5H3. The van der Waals surface area contributed by atoms with Gasteiger partial charge in [0.15, 0.2) is 0 Å². The van der Waals surface area contributed by atoms with E-state index in [0.29, 0.717) is 17.7 Å². The molecule has 3 unspecified atom stereocenters. The summed E-state index contributed by atoms with van der Waals surface area (Å²) in [6.45, 7) is 8.58. The molecule has 0 aromatic heterocycles. The quantitative estimate of drug-likeness (QED) is 0.831. The molecule has 0 heterocycles. The Morgan fingerprint density at radius 2 is 1.79 bits per heavy atom. The van der Waals surface area contributed by atoms with E-state index in [9.17, 15) is 4.21 Å². The molecule has 0 spiro atoms. The van der Waals surface area contributed by atoms with E-state index < -0.39 is 10.8 Å². The highest BCUT2D eigenvalue weighted by atomic mass is 32.2. The minimum Gasteiger partial charge on any atom is -0.316 e. The monoisotopic (exact) mass is 281 g/mol. The highest BCUT2D eigenvalue weighted by molar-refractivity contribution is 7.84. The Kier molecular flexibility index (Phi) is 6.73. The van der Waals surface area contributed by atoms with E-state index in [1.165, 1.54) is 16.7 Å². The minimum absolute atomic E-state index is 0.344. The van der Waals surface area contributed by atoms with Gasteiger partial charge in [-0.1, -0.05) is 49.6 Å². The van der Waals surface area contributed by atoms with E-state index in [1.807, 2.05) is 7.05 Å². The number of benzene rings is 1. The molecule has 0 radical (unpaired) electrons. The second-order valence-electron chi connectivity index (χ2n) is 5.53. The first kappa shape index (κ1) is 16.4. The molecule has 0 amide bonds. The second kappa shape index (κ2) is 7.81. The molecule has 1 rings (SSSR count). The van der Waals surface area contributed by atoms with Gasteiger partial charge in [-0.15, -0.1) is 0 Å². The number of nitrogens with one attached hydrogen (secondary N) is 1. The van der Waals surface area contributed by atoms with Crippen molar-refractivity contribution in [3.8, 4) is 0 Å². The fraction of sp³-hybridized carbons (Fsp3) is 0.625. The first-order valence-corrected chi connectivity index (χ1v) is 8.54. The Bertz CT molecular complexity index is 411. The SMILES string of the molecule is CCC(C)C(CS(=O)Cc1cc(C)cc(C)c1)NC. The van der Waals surface area contributed by atoms with Gasteiger partial charge in [-0.2, -0.15) is 0 Å².